The van der Waals surface area contributed by atoms with E-state index in [1.165, 1.54) is 12.1 Å². The molecule has 0 heterocycles. The number of aliphatic hydroxyl groups is 1. The normalized spacial score (nSPS) is 12.1. The number of ether oxygens (including phenoxy) is 1. The van der Waals surface area contributed by atoms with Gasteiger partial charge in [0.1, 0.15) is 5.82 Å². The van der Waals surface area contributed by atoms with E-state index in [4.69, 9.17) is 10.00 Å². The minimum atomic E-state index is -0.708. The van der Waals surface area contributed by atoms with Gasteiger partial charge in [-0.25, -0.2) is 4.39 Å². The van der Waals surface area contributed by atoms with Gasteiger partial charge in [-0.2, -0.15) is 5.26 Å². The standard InChI is InChI=1S/C19H21FN2O2/c1-24-11-10-22(13-16-4-2-15(12-21)3-5-16)14-19(23)17-6-8-18(20)9-7-17/h2-9,19,23H,10-11,13-14H2,1H3. The van der Waals surface area contributed by atoms with E-state index in [1.807, 2.05) is 12.1 Å². The van der Waals surface area contributed by atoms with E-state index in [9.17, 15) is 9.50 Å². The van der Waals surface area contributed by atoms with Crippen molar-refractivity contribution < 1.29 is 14.2 Å². The number of hydrogen-bond donors (Lipinski definition) is 1. The van der Waals surface area contributed by atoms with Crippen molar-refractivity contribution in [1.82, 2.24) is 4.90 Å². The highest BCUT2D eigenvalue weighted by Gasteiger charge is 2.14. The Bertz CT molecular complexity index is 665. The minimum absolute atomic E-state index is 0.320. The lowest BCUT2D eigenvalue weighted by molar-refractivity contribution is 0.0849. The van der Waals surface area contributed by atoms with E-state index < -0.39 is 6.10 Å². The molecule has 0 aliphatic rings. The predicted octanol–water partition coefficient (Wildman–Crippen LogP) is 2.88. The molecule has 2 aromatic rings. The molecule has 0 fully saturated rings. The van der Waals surface area contributed by atoms with Gasteiger partial charge < -0.3 is 9.84 Å². The molecule has 5 heteroatoms. The van der Waals surface area contributed by atoms with Crippen LogP contribution in [-0.2, 0) is 11.3 Å². The Balaban J connectivity index is 2.03. The highest BCUT2D eigenvalue weighted by molar-refractivity contribution is 5.31. The summed E-state index contributed by atoms with van der Waals surface area (Å²) in [4.78, 5) is 2.07. The number of hydrogen-bond acceptors (Lipinski definition) is 4. The fraction of sp³-hybridized carbons (Fsp3) is 0.316. The predicted molar refractivity (Wildman–Crippen MR) is 89.7 cm³/mol. The Morgan fingerprint density at radius 2 is 1.83 bits per heavy atom. The average molecular weight is 328 g/mol. The van der Waals surface area contributed by atoms with E-state index >= 15 is 0 Å². The molecule has 1 N–H and O–H groups in total. The van der Waals surface area contributed by atoms with Crippen LogP contribution in [0.5, 0.6) is 0 Å². The molecule has 0 aliphatic heterocycles. The van der Waals surface area contributed by atoms with Crippen LogP contribution in [0.15, 0.2) is 48.5 Å². The average Bonchev–Trinajstić information content (AvgIpc) is 2.60. The van der Waals surface area contributed by atoms with Crippen LogP contribution >= 0.6 is 0 Å². The largest absolute Gasteiger partial charge is 0.387 e. The zero-order chi connectivity index (χ0) is 17.4. The molecule has 2 aromatic carbocycles. The van der Waals surface area contributed by atoms with E-state index in [0.717, 1.165) is 5.56 Å². The highest BCUT2D eigenvalue weighted by Crippen LogP contribution is 2.16. The summed E-state index contributed by atoms with van der Waals surface area (Å²) in [5, 5.41) is 19.2. The number of rotatable bonds is 8. The van der Waals surface area contributed by atoms with Gasteiger partial charge in [-0.15, -0.1) is 0 Å². The van der Waals surface area contributed by atoms with Gasteiger partial charge in [-0.3, -0.25) is 4.90 Å². The third kappa shape index (κ3) is 5.43. The molecular formula is C19H21FN2O2. The summed E-state index contributed by atoms with van der Waals surface area (Å²) < 4.78 is 18.1. The van der Waals surface area contributed by atoms with Crippen molar-refractivity contribution in [2.45, 2.75) is 12.6 Å². The summed E-state index contributed by atoms with van der Waals surface area (Å²) in [6.07, 6.45) is -0.708. The van der Waals surface area contributed by atoms with Crippen LogP contribution in [-0.4, -0.2) is 36.8 Å². The Morgan fingerprint density at radius 3 is 2.42 bits per heavy atom. The Labute approximate surface area is 141 Å². The van der Waals surface area contributed by atoms with Crippen LogP contribution in [0.25, 0.3) is 0 Å². The van der Waals surface area contributed by atoms with Crippen LogP contribution in [0.2, 0.25) is 0 Å². The maximum absolute atomic E-state index is 13.0. The summed E-state index contributed by atoms with van der Waals surface area (Å²) in [5.74, 6) is -0.320. The van der Waals surface area contributed by atoms with Crippen molar-refractivity contribution in [2.24, 2.45) is 0 Å². The van der Waals surface area contributed by atoms with Crippen molar-refractivity contribution in [2.75, 3.05) is 26.8 Å². The molecule has 0 spiro atoms. The van der Waals surface area contributed by atoms with Crippen LogP contribution in [0, 0.1) is 17.1 Å². The van der Waals surface area contributed by atoms with Gasteiger partial charge in [0.25, 0.3) is 0 Å². The smallest absolute Gasteiger partial charge is 0.123 e. The number of aliphatic hydroxyl groups excluding tert-OH is 1. The Kier molecular flexibility index (Phi) is 6.89. The second-order valence-electron chi connectivity index (χ2n) is 5.60. The lowest BCUT2D eigenvalue weighted by Gasteiger charge is -2.25. The number of methoxy groups -OCH3 is 1. The lowest BCUT2D eigenvalue weighted by atomic mass is 10.1. The number of nitrogens with zero attached hydrogens (tertiary/aromatic N) is 2. The number of halogens is 1. The SMILES string of the molecule is COCCN(Cc1ccc(C#N)cc1)CC(O)c1ccc(F)cc1. The van der Waals surface area contributed by atoms with Gasteiger partial charge in [-0.05, 0) is 35.4 Å². The maximum Gasteiger partial charge on any atom is 0.123 e. The van der Waals surface area contributed by atoms with Gasteiger partial charge in [0.2, 0.25) is 0 Å². The summed E-state index contributed by atoms with van der Waals surface area (Å²) in [7, 11) is 1.64. The number of nitriles is 1. The fourth-order valence-electron chi connectivity index (χ4n) is 2.43. The molecule has 24 heavy (non-hydrogen) atoms. The van der Waals surface area contributed by atoms with Gasteiger partial charge in [-0.1, -0.05) is 24.3 Å². The van der Waals surface area contributed by atoms with Crippen molar-refractivity contribution in [1.29, 1.82) is 5.26 Å². The molecule has 1 atom stereocenters. The molecule has 0 aliphatic carbocycles. The first-order valence-electron chi connectivity index (χ1n) is 7.76. The Hall–Kier alpha value is -2.26. The molecule has 0 radical (unpaired) electrons. The van der Waals surface area contributed by atoms with E-state index in [2.05, 4.69) is 11.0 Å². The van der Waals surface area contributed by atoms with Gasteiger partial charge in [0.15, 0.2) is 0 Å². The minimum Gasteiger partial charge on any atom is -0.387 e. The molecule has 4 nitrogen and oxygen atoms in total. The number of benzene rings is 2. The maximum atomic E-state index is 13.0. The van der Waals surface area contributed by atoms with Crippen LogP contribution in [0.3, 0.4) is 0 Å². The second-order valence-corrected chi connectivity index (χ2v) is 5.60. The highest BCUT2D eigenvalue weighted by atomic mass is 19.1. The topological polar surface area (TPSA) is 56.5 Å². The fourth-order valence-corrected chi connectivity index (χ4v) is 2.43. The van der Waals surface area contributed by atoms with Crippen LogP contribution in [0.4, 0.5) is 4.39 Å². The zero-order valence-corrected chi connectivity index (χ0v) is 13.7. The monoisotopic (exact) mass is 328 g/mol. The van der Waals surface area contributed by atoms with E-state index in [1.54, 1.807) is 31.4 Å². The first-order chi connectivity index (χ1) is 11.6. The summed E-state index contributed by atoms with van der Waals surface area (Å²) in [6.45, 7) is 2.25. The van der Waals surface area contributed by atoms with Crippen molar-refractivity contribution in [3.05, 3.63) is 71.0 Å². The van der Waals surface area contributed by atoms with Gasteiger partial charge >= 0.3 is 0 Å². The summed E-state index contributed by atoms with van der Waals surface area (Å²) in [5.41, 5.74) is 2.35. The zero-order valence-electron chi connectivity index (χ0n) is 13.7. The molecular weight excluding hydrogens is 307 g/mol. The molecule has 126 valence electrons. The quantitative estimate of drug-likeness (QED) is 0.809. The third-order valence-electron chi connectivity index (χ3n) is 3.79. The van der Waals surface area contributed by atoms with Gasteiger partial charge in [0, 0.05) is 26.7 Å². The molecule has 0 saturated heterocycles. The van der Waals surface area contributed by atoms with Crippen molar-refractivity contribution in [3.8, 4) is 6.07 Å². The molecule has 0 bridgehead atoms. The van der Waals surface area contributed by atoms with Gasteiger partial charge in [0.05, 0.1) is 24.3 Å². The molecule has 1 unspecified atom stereocenters. The molecule has 0 aromatic heterocycles. The Morgan fingerprint density at radius 1 is 1.17 bits per heavy atom. The first kappa shape index (κ1) is 18.1. The first-order valence-corrected chi connectivity index (χ1v) is 7.76. The second kappa shape index (κ2) is 9.14. The van der Waals surface area contributed by atoms with Crippen molar-refractivity contribution in [3.63, 3.8) is 0 Å². The van der Waals surface area contributed by atoms with Crippen LogP contribution < -0.4 is 0 Å². The third-order valence-corrected chi connectivity index (χ3v) is 3.79. The van der Waals surface area contributed by atoms with E-state index in [-0.39, 0.29) is 5.82 Å². The molecule has 0 saturated carbocycles. The van der Waals surface area contributed by atoms with E-state index in [0.29, 0.717) is 37.4 Å². The lowest BCUT2D eigenvalue weighted by Crippen LogP contribution is -2.31. The molecule has 0 amide bonds. The summed E-state index contributed by atoms with van der Waals surface area (Å²) in [6, 6.07) is 15.3. The van der Waals surface area contributed by atoms with Crippen molar-refractivity contribution >= 4 is 0 Å². The molecule has 2 rings (SSSR count). The summed E-state index contributed by atoms with van der Waals surface area (Å²) >= 11 is 0. The van der Waals surface area contributed by atoms with Crippen LogP contribution in [0.1, 0.15) is 22.8 Å².